The van der Waals surface area contributed by atoms with Crippen LogP contribution in [0.2, 0.25) is 0 Å². The van der Waals surface area contributed by atoms with Gasteiger partial charge in [0, 0.05) is 17.9 Å². The van der Waals surface area contributed by atoms with E-state index in [0.717, 1.165) is 5.56 Å². The third kappa shape index (κ3) is 3.79. The molecule has 1 N–H and O–H groups in total. The molecule has 0 aliphatic rings. The fourth-order valence-corrected chi connectivity index (χ4v) is 3.09. The Bertz CT molecular complexity index is 1210. The first-order chi connectivity index (χ1) is 14.7. The van der Waals surface area contributed by atoms with Crippen molar-refractivity contribution in [3.63, 3.8) is 0 Å². The molecule has 0 aliphatic carbocycles. The van der Waals surface area contributed by atoms with Crippen LogP contribution in [0.4, 0.5) is 5.69 Å². The first kappa shape index (κ1) is 19.4. The number of ether oxygens (including phenoxy) is 1. The summed E-state index contributed by atoms with van der Waals surface area (Å²) < 4.78 is 7.46. The second-order valence-electron chi connectivity index (χ2n) is 6.50. The number of hydrogen-bond acceptors (Lipinski definition) is 4. The summed E-state index contributed by atoms with van der Waals surface area (Å²) in [5.74, 6) is 5.66. The Morgan fingerprint density at radius 1 is 1.00 bits per heavy atom. The van der Waals surface area contributed by atoms with E-state index in [1.165, 1.54) is 4.68 Å². The predicted molar refractivity (Wildman–Crippen MR) is 116 cm³/mol. The summed E-state index contributed by atoms with van der Waals surface area (Å²) in [5, 5.41) is 11.3. The van der Waals surface area contributed by atoms with Gasteiger partial charge in [-0.2, -0.15) is 4.68 Å². The lowest BCUT2D eigenvalue weighted by Gasteiger charge is -2.27. The van der Waals surface area contributed by atoms with Gasteiger partial charge >= 0.3 is 5.72 Å². The Morgan fingerprint density at radius 2 is 1.67 bits per heavy atom. The molecule has 1 aromatic heterocycles. The maximum atomic E-state index is 13.6. The molecule has 0 saturated heterocycles. The van der Waals surface area contributed by atoms with E-state index in [0.29, 0.717) is 16.7 Å². The van der Waals surface area contributed by atoms with E-state index >= 15 is 0 Å². The Kier molecular flexibility index (Phi) is 5.55. The Labute approximate surface area is 174 Å². The molecule has 3 aromatic carbocycles. The van der Waals surface area contributed by atoms with Gasteiger partial charge in [0.2, 0.25) is 0 Å². The van der Waals surface area contributed by atoms with Gasteiger partial charge in [-0.05, 0) is 49.2 Å². The van der Waals surface area contributed by atoms with E-state index in [1.807, 2.05) is 79.7 Å². The highest BCUT2D eigenvalue weighted by molar-refractivity contribution is 5.99. The topological polar surface area (TPSA) is 69.0 Å². The van der Waals surface area contributed by atoms with Crippen LogP contribution in [0.5, 0.6) is 0 Å². The van der Waals surface area contributed by atoms with Crippen LogP contribution in [0.1, 0.15) is 12.5 Å². The van der Waals surface area contributed by atoms with Crippen molar-refractivity contribution in [2.24, 2.45) is 0 Å². The summed E-state index contributed by atoms with van der Waals surface area (Å²) in [6.07, 6.45) is 0. The van der Waals surface area contributed by atoms with Crippen LogP contribution >= 0.6 is 0 Å². The second kappa shape index (κ2) is 8.60. The number of anilines is 1. The van der Waals surface area contributed by atoms with Crippen molar-refractivity contribution in [2.75, 3.05) is 11.9 Å². The standard InChI is InChI=1S/C24H20N4O2/c1-2-30-24(18-17-19-11-5-3-6-12-19,23(29)25-20-13-7-4-8-14-20)28-22-16-10-9-15-21(22)26-27-28/h3-16H,2H2,1H3,(H,25,29). The molecule has 6 heteroatoms. The molecule has 0 fully saturated rings. The van der Waals surface area contributed by atoms with Crippen LogP contribution in [0.15, 0.2) is 84.9 Å². The lowest BCUT2D eigenvalue weighted by Crippen LogP contribution is -2.47. The normalized spacial score (nSPS) is 12.6. The molecule has 4 rings (SSSR count). The second-order valence-corrected chi connectivity index (χ2v) is 6.50. The zero-order valence-electron chi connectivity index (χ0n) is 16.4. The molecule has 0 aliphatic heterocycles. The first-order valence-corrected chi connectivity index (χ1v) is 9.62. The summed E-state index contributed by atoms with van der Waals surface area (Å²) in [5.41, 5.74) is 0.999. The van der Waals surface area contributed by atoms with Gasteiger partial charge in [0.1, 0.15) is 5.52 Å². The van der Waals surface area contributed by atoms with E-state index in [4.69, 9.17) is 4.74 Å². The molecule has 0 spiro atoms. The third-order valence-electron chi connectivity index (χ3n) is 4.49. The minimum Gasteiger partial charge on any atom is -0.336 e. The van der Waals surface area contributed by atoms with Gasteiger partial charge in [-0.3, -0.25) is 4.79 Å². The highest BCUT2D eigenvalue weighted by atomic mass is 16.5. The number of para-hydroxylation sites is 2. The minimum absolute atomic E-state index is 0.250. The van der Waals surface area contributed by atoms with Gasteiger partial charge in [0.25, 0.3) is 5.91 Å². The van der Waals surface area contributed by atoms with Crippen LogP contribution < -0.4 is 5.32 Å². The number of hydrogen-bond donors (Lipinski definition) is 1. The Balaban J connectivity index is 1.87. The molecule has 0 bridgehead atoms. The van der Waals surface area contributed by atoms with Crippen molar-refractivity contribution in [3.8, 4) is 11.8 Å². The molecular formula is C24H20N4O2. The summed E-state index contributed by atoms with van der Waals surface area (Å²) in [6, 6.07) is 26.0. The smallest absolute Gasteiger partial charge is 0.307 e. The maximum Gasteiger partial charge on any atom is 0.307 e. The molecule has 6 nitrogen and oxygen atoms in total. The number of nitrogens with one attached hydrogen (secondary N) is 1. The number of aromatic nitrogens is 3. The number of carbonyl (C=O) groups is 1. The summed E-state index contributed by atoms with van der Waals surface area (Å²) >= 11 is 0. The highest BCUT2D eigenvalue weighted by Crippen LogP contribution is 2.25. The highest BCUT2D eigenvalue weighted by Gasteiger charge is 2.43. The number of fused-ring (bicyclic) bond motifs is 1. The van der Waals surface area contributed by atoms with Crippen LogP contribution in [-0.2, 0) is 15.3 Å². The van der Waals surface area contributed by atoms with Gasteiger partial charge in [0.15, 0.2) is 0 Å². The molecule has 1 amide bonds. The number of amides is 1. The SMILES string of the molecule is CCOC(C#Cc1ccccc1)(C(=O)Nc1ccccc1)n1nnc2ccccc21. The van der Waals surface area contributed by atoms with Gasteiger partial charge in [-0.25, -0.2) is 0 Å². The van der Waals surface area contributed by atoms with Crippen LogP contribution in [0.3, 0.4) is 0 Å². The fraction of sp³-hybridized carbons (Fsp3) is 0.125. The van der Waals surface area contributed by atoms with E-state index in [1.54, 1.807) is 12.1 Å². The van der Waals surface area contributed by atoms with Gasteiger partial charge in [-0.1, -0.05) is 59.7 Å². The van der Waals surface area contributed by atoms with Gasteiger partial charge in [0.05, 0.1) is 5.52 Å². The molecule has 1 heterocycles. The largest absolute Gasteiger partial charge is 0.336 e. The third-order valence-corrected chi connectivity index (χ3v) is 4.49. The van der Waals surface area contributed by atoms with E-state index in [2.05, 4.69) is 27.5 Å². The van der Waals surface area contributed by atoms with Crippen LogP contribution in [0.25, 0.3) is 11.0 Å². The molecule has 0 saturated carbocycles. The van der Waals surface area contributed by atoms with Crippen molar-refractivity contribution in [1.29, 1.82) is 0 Å². The molecule has 1 unspecified atom stereocenters. The zero-order chi connectivity index (χ0) is 20.8. The Morgan fingerprint density at radius 3 is 2.40 bits per heavy atom. The summed E-state index contributed by atoms with van der Waals surface area (Å²) in [7, 11) is 0. The Hall–Kier alpha value is -3.95. The summed E-state index contributed by atoms with van der Waals surface area (Å²) in [6.45, 7) is 2.06. The van der Waals surface area contributed by atoms with E-state index in [-0.39, 0.29) is 6.61 Å². The first-order valence-electron chi connectivity index (χ1n) is 9.62. The molecule has 1 atom stereocenters. The van der Waals surface area contributed by atoms with Crippen molar-refractivity contribution < 1.29 is 9.53 Å². The molecule has 4 aromatic rings. The van der Waals surface area contributed by atoms with Crippen molar-refractivity contribution >= 4 is 22.6 Å². The average Bonchev–Trinajstić information content (AvgIpc) is 3.23. The zero-order valence-corrected chi connectivity index (χ0v) is 16.4. The molecular weight excluding hydrogens is 376 g/mol. The van der Waals surface area contributed by atoms with Gasteiger partial charge in [-0.15, -0.1) is 5.10 Å². The summed E-state index contributed by atoms with van der Waals surface area (Å²) in [4.78, 5) is 13.6. The van der Waals surface area contributed by atoms with Crippen molar-refractivity contribution in [1.82, 2.24) is 15.0 Å². The van der Waals surface area contributed by atoms with Crippen LogP contribution in [-0.4, -0.2) is 27.5 Å². The molecule has 30 heavy (non-hydrogen) atoms. The average molecular weight is 396 g/mol. The lowest BCUT2D eigenvalue weighted by molar-refractivity contribution is -0.145. The lowest BCUT2D eigenvalue weighted by atomic mass is 10.1. The number of carbonyl (C=O) groups excluding carboxylic acids is 1. The molecule has 148 valence electrons. The maximum absolute atomic E-state index is 13.6. The predicted octanol–water partition coefficient (Wildman–Crippen LogP) is 3.81. The fourth-order valence-electron chi connectivity index (χ4n) is 3.09. The monoisotopic (exact) mass is 396 g/mol. The number of nitrogens with zero attached hydrogens (tertiary/aromatic N) is 3. The van der Waals surface area contributed by atoms with Crippen LogP contribution in [0, 0.1) is 11.8 Å². The quantitative estimate of drug-likeness (QED) is 0.521. The van der Waals surface area contributed by atoms with Gasteiger partial charge < -0.3 is 10.1 Å². The number of benzene rings is 3. The number of rotatable bonds is 5. The minimum atomic E-state index is -1.70. The van der Waals surface area contributed by atoms with E-state index < -0.39 is 11.6 Å². The molecule has 0 radical (unpaired) electrons. The van der Waals surface area contributed by atoms with E-state index in [9.17, 15) is 4.79 Å². The van der Waals surface area contributed by atoms with Crippen molar-refractivity contribution in [3.05, 3.63) is 90.5 Å². The van der Waals surface area contributed by atoms with Crippen molar-refractivity contribution in [2.45, 2.75) is 12.6 Å².